The summed E-state index contributed by atoms with van der Waals surface area (Å²) in [7, 11) is 0. The molecule has 2 aliphatic rings. The summed E-state index contributed by atoms with van der Waals surface area (Å²) in [5.74, 6) is 1.01. The van der Waals surface area contributed by atoms with Gasteiger partial charge in [0.15, 0.2) is 5.96 Å². The van der Waals surface area contributed by atoms with Crippen molar-refractivity contribution in [3.63, 3.8) is 0 Å². The maximum absolute atomic E-state index is 6.14. The van der Waals surface area contributed by atoms with Crippen LogP contribution in [0.4, 0.5) is 0 Å². The van der Waals surface area contributed by atoms with Gasteiger partial charge in [-0.05, 0) is 37.8 Å². The van der Waals surface area contributed by atoms with Gasteiger partial charge in [0.1, 0.15) is 0 Å². The van der Waals surface area contributed by atoms with Gasteiger partial charge in [-0.25, -0.2) is 0 Å². The predicted molar refractivity (Wildman–Crippen MR) is 120 cm³/mol. The average Bonchev–Trinajstić information content (AvgIpc) is 3.38. The van der Waals surface area contributed by atoms with Gasteiger partial charge in [0.25, 0.3) is 0 Å². The van der Waals surface area contributed by atoms with Gasteiger partial charge in [-0.2, -0.15) is 5.10 Å². The molecule has 2 aliphatic heterocycles. The van der Waals surface area contributed by atoms with E-state index in [2.05, 4.69) is 69.5 Å². The highest BCUT2D eigenvalue weighted by Gasteiger charge is 2.41. The summed E-state index contributed by atoms with van der Waals surface area (Å²) in [6, 6.07) is 11.2. The van der Waals surface area contributed by atoms with Crippen molar-refractivity contribution in [2.24, 2.45) is 4.99 Å². The Hall–Kier alpha value is -2.38. The van der Waals surface area contributed by atoms with Gasteiger partial charge in [0, 0.05) is 45.0 Å². The number of aryl methyl sites for hydroxylation is 2. The van der Waals surface area contributed by atoms with Gasteiger partial charge in [0.05, 0.1) is 24.9 Å². The molecule has 0 amide bonds. The first-order chi connectivity index (χ1) is 14.7. The molecule has 3 heterocycles. The number of hydrogen-bond acceptors (Lipinski definition) is 4. The normalized spacial score (nSPS) is 22.3. The Bertz CT molecular complexity index is 820. The monoisotopic (exact) mass is 410 g/mol. The van der Waals surface area contributed by atoms with Crippen LogP contribution in [0.3, 0.4) is 0 Å². The van der Waals surface area contributed by atoms with E-state index in [0.29, 0.717) is 6.04 Å². The molecule has 0 saturated carbocycles. The van der Waals surface area contributed by atoms with Crippen LogP contribution in [0.2, 0.25) is 0 Å². The topological polar surface area (TPSA) is 68.8 Å². The Balaban J connectivity index is 1.36. The number of nitrogens with zero attached hydrogens (tertiary/aromatic N) is 4. The Morgan fingerprint density at radius 1 is 1.30 bits per heavy atom. The Morgan fingerprint density at radius 3 is 2.93 bits per heavy atom. The minimum atomic E-state index is 0.250. The van der Waals surface area contributed by atoms with Crippen molar-refractivity contribution in [2.75, 3.05) is 39.3 Å². The molecule has 4 rings (SSSR count). The molecule has 0 bridgehead atoms. The van der Waals surface area contributed by atoms with E-state index in [-0.39, 0.29) is 6.10 Å². The van der Waals surface area contributed by atoms with E-state index in [4.69, 9.17) is 9.73 Å². The van der Waals surface area contributed by atoms with Crippen LogP contribution in [0.1, 0.15) is 30.2 Å². The smallest absolute Gasteiger partial charge is 0.194 e. The molecule has 2 fully saturated rings. The first-order valence-electron chi connectivity index (χ1n) is 11.2. The van der Waals surface area contributed by atoms with Crippen LogP contribution in [0.25, 0.3) is 0 Å². The first-order valence-corrected chi connectivity index (χ1v) is 11.2. The maximum Gasteiger partial charge on any atom is 0.194 e. The fourth-order valence-corrected chi connectivity index (χ4v) is 4.45. The van der Waals surface area contributed by atoms with E-state index in [1.165, 1.54) is 11.1 Å². The number of guanidine groups is 1. The second-order valence-electron chi connectivity index (χ2n) is 8.20. The third kappa shape index (κ3) is 5.02. The highest BCUT2D eigenvalue weighted by atomic mass is 16.5. The number of ether oxygens (including phenoxy) is 1. The molecule has 30 heavy (non-hydrogen) atoms. The molecule has 7 nitrogen and oxygen atoms in total. The average molecular weight is 411 g/mol. The third-order valence-corrected chi connectivity index (χ3v) is 6.08. The highest BCUT2D eigenvalue weighted by molar-refractivity contribution is 5.80. The largest absolute Gasteiger partial charge is 0.373 e. The number of hydrogen-bond donors (Lipinski definition) is 2. The lowest BCUT2D eigenvalue weighted by Crippen LogP contribution is -2.50. The van der Waals surface area contributed by atoms with Gasteiger partial charge >= 0.3 is 0 Å². The number of fused-ring (bicyclic) bond motifs is 1. The zero-order chi connectivity index (χ0) is 20.8. The fraction of sp³-hybridized carbons (Fsp3) is 0.565. The number of aromatic amines is 1. The number of benzene rings is 1. The van der Waals surface area contributed by atoms with E-state index < -0.39 is 0 Å². The van der Waals surface area contributed by atoms with Gasteiger partial charge in [0.2, 0.25) is 0 Å². The number of rotatable bonds is 7. The van der Waals surface area contributed by atoms with Crippen LogP contribution in [0.5, 0.6) is 0 Å². The second kappa shape index (κ2) is 10.1. The van der Waals surface area contributed by atoms with Crippen molar-refractivity contribution < 1.29 is 4.74 Å². The standard InChI is InChI=1S/C23H34N6O/c1-3-24-23(25-11-7-10-20-14-26-27-18(20)2)29-16-21-22(17-29)30-13-12-28(21)15-19-8-5-4-6-9-19/h4-6,8-9,14,21-22H,3,7,10-13,15-17H2,1-2H3,(H,24,25)(H,26,27). The summed E-state index contributed by atoms with van der Waals surface area (Å²) in [4.78, 5) is 9.88. The quantitative estimate of drug-likeness (QED) is 0.416. The Labute approximate surface area is 179 Å². The van der Waals surface area contributed by atoms with Crippen molar-refractivity contribution >= 4 is 5.96 Å². The zero-order valence-electron chi connectivity index (χ0n) is 18.2. The summed E-state index contributed by atoms with van der Waals surface area (Å²) in [5, 5.41) is 10.6. The molecule has 2 saturated heterocycles. The van der Waals surface area contributed by atoms with Crippen LogP contribution in [0, 0.1) is 6.92 Å². The number of aliphatic imine (C=N–C) groups is 1. The van der Waals surface area contributed by atoms with Crippen molar-refractivity contribution in [2.45, 2.75) is 45.4 Å². The summed E-state index contributed by atoms with van der Waals surface area (Å²) in [6.45, 7) is 10.5. The van der Waals surface area contributed by atoms with Crippen LogP contribution in [-0.2, 0) is 17.7 Å². The minimum Gasteiger partial charge on any atom is -0.373 e. The van der Waals surface area contributed by atoms with Crippen molar-refractivity contribution in [1.29, 1.82) is 0 Å². The van der Waals surface area contributed by atoms with Crippen LogP contribution < -0.4 is 5.32 Å². The van der Waals surface area contributed by atoms with Crippen molar-refractivity contribution in [3.8, 4) is 0 Å². The molecular weight excluding hydrogens is 376 g/mol. The second-order valence-corrected chi connectivity index (χ2v) is 8.20. The van der Waals surface area contributed by atoms with Gasteiger partial charge in [-0.1, -0.05) is 30.3 Å². The number of likely N-dealkylation sites (tertiary alicyclic amines) is 1. The molecule has 2 atom stereocenters. The lowest BCUT2D eigenvalue weighted by Gasteiger charge is -2.36. The lowest BCUT2D eigenvalue weighted by atomic mass is 10.1. The lowest BCUT2D eigenvalue weighted by molar-refractivity contribution is -0.0502. The van der Waals surface area contributed by atoms with Crippen molar-refractivity contribution in [1.82, 2.24) is 25.3 Å². The van der Waals surface area contributed by atoms with Gasteiger partial charge in [-0.3, -0.25) is 15.0 Å². The van der Waals surface area contributed by atoms with Crippen molar-refractivity contribution in [3.05, 3.63) is 53.3 Å². The zero-order valence-corrected chi connectivity index (χ0v) is 18.2. The molecule has 1 aromatic heterocycles. The Kier molecular flexibility index (Phi) is 7.02. The first kappa shape index (κ1) is 20.9. The minimum absolute atomic E-state index is 0.250. The molecular formula is C23H34N6O. The van der Waals surface area contributed by atoms with Crippen LogP contribution in [0.15, 0.2) is 41.5 Å². The molecule has 2 N–H and O–H groups in total. The van der Waals surface area contributed by atoms with E-state index in [9.17, 15) is 0 Å². The van der Waals surface area contributed by atoms with E-state index in [1.54, 1.807) is 0 Å². The fourth-order valence-electron chi connectivity index (χ4n) is 4.45. The molecule has 162 valence electrons. The van der Waals surface area contributed by atoms with E-state index in [0.717, 1.165) is 70.4 Å². The number of nitrogens with one attached hydrogen (secondary N) is 2. The maximum atomic E-state index is 6.14. The van der Waals surface area contributed by atoms with Crippen LogP contribution in [-0.4, -0.2) is 77.4 Å². The SMILES string of the molecule is CCNC(=NCCCc1cn[nH]c1C)N1CC2OCCN(Cc3ccccc3)C2C1. The molecule has 7 heteroatoms. The summed E-state index contributed by atoms with van der Waals surface area (Å²) < 4.78 is 6.14. The summed E-state index contributed by atoms with van der Waals surface area (Å²) in [5.41, 5.74) is 3.81. The molecule has 0 aliphatic carbocycles. The van der Waals surface area contributed by atoms with E-state index >= 15 is 0 Å². The number of H-pyrrole nitrogens is 1. The highest BCUT2D eigenvalue weighted by Crippen LogP contribution is 2.24. The predicted octanol–water partition coefficient (Wildman–Crippen LogP) is 2.20. The molecule has 1 aromatic carbocycles. The molecule has 2 aromatic rings. The Morgan fingerprint density at radius 2 is 2.17 bits per heavy atom. The molecule has 0 spiro atoms. The number of morpholine rings is 1. The summed E-state index contributed by atoms with van der Waals surface area (Å²) >= 11 is 0. The van der Waals surface area contributed by atoms with Crippen LogP contribution >= 0.6 is 0 Å². The van der Waals surface area contributed by atoms with Gasteiger partial charge < -0.3 is 15.0 Å². The summed E-state index contributed by atoms with van der Waals surface area (Å²) in [6.07, 6.45) is 4.20. The molecule has 2 unspecified atom stereocenters. The van der Waals surface area contributed by atoms with Gasteiger partial charge in [-0.15, -0.1) is 0 Å². The third-order valence-electron chi connectivity index (χ3n) is 6.08. The van der Waals surface area contributed by atoms with E-state index in [1.807, 2.05) is 6.20 Å². The number of aromatic nitrogens is 2. The molecule has 0 radical (unpaired) electrons.